The first-order chi connectivity index (χ1) is 5.04. The third-order valence-electron chi connectivity index (χ3n) is 1.51. The summed E-state index contributed by atoms with van der Waals surface area (Å²) in [6.07, 6.45) is 0. The predicted octanol–water partition coefficient (Wildman–Crippen LogP) is -1.54. The maximum absolute atomic E-state index is 11.2. The number of nitrogen functional groups attached to an aromatic ring is 1. The number of aromatic nitrogens is 2. The van der Waals surface area contributed by atoms with Gasteiger partial charge >= 0.3 is 71.7 Å². The summed E-state index contributed by atoms with van der Waals surface area (Å²) in [5, 5.41) is 0. The van der Waals surface area contributed by atoms with Crippen LogP contribution in [0.15, 0.2) is 4.79 Å². The Balaban J connectivity index is 3.59. The van der Waals surface area contributed by atoms with E-state index in [0.717, 1.165) is 0 Å². The van der Waals surface area contributed by atoms with Crippen LogP contribution in [0.2, 0.25) is 0 Å². The van der Waals surface area contributed by atoms with Crippen LogP contribution in [0.25, 0.3) is 0 Å². The van der Waals surface area contributed by atoms with Gasteiger partial charge in [-0.15, -0.1) is 0 Å². The topological polar surface area (TPSA) is 60.9 Å². The second-order valence-electron chi connectivity index (χ2n) is 2.27. The van der Waals surface area contributed by atoms with Crippen molar-refractivity contribution in [1.29, 1.82) is 0 Å². The molecule has 0 bridgehead atoms. The summed E-state index contributed by atoms with van der Waals surface area (Å²) in [7, 11) is 1.65. The Hall–Kier alpha value is -0.801. The first-order valence-corrected chi connectivity index (χ1v) is 3.90. The van der Waals surface area contributed by atoms with Crippen LogP contribution in [-0.2, 0) is 7.05 Å². The van der Waals surface area contributed by atoms with Crippen molar-refractivity contribution >= 4 is 26.6 Å². The number of rotatable bonds is 0. The molecule has 1 heterocycles. The molecule has 11 heavy (non-hydrogen) atoms. The molecular weight excluding hydrogens is 209 g/mol. The Kier molecular flexibility index (Phi) is 2.02. The van der Waals surface area contributed by atoms with E-state index in [-0.39, 0.29) is 5.56 Å². The molecule has 0 fully saturated rings. The van der Waals surface area contributed by atoms with Gasteiger partial charge in [-0.1, -0.05) is 0 Å². The molecule has 0 aliphatic carbocycles. The fourth-order valence-electron chi connectivity index (χ4n) is 0.710. The second kappa shape index (κ2) is 2.68. The number of nitrogens with two attached hydrogens (primary N) is 1. The Bertz CT molecular complexity index is 315. The Morgan fingerprint density at radius 2 is 2.18 bits per heavy atom. The molecule has 0 aromatic carbocycles. The van der Waals surface area contributed by atoms with Gasteiger partial charge in [-0.3, -0.25) is 0 Å². The van der Waals surface area contributed by atoms with E-state index in [1.807, 2.05) is 0 Å². The zero-order chi connectivity index (χ0) is 8.59. The molecule has 0 saturated carbocycles. The van der Waals surface area contributed by atoms with Gasteiger partial charge in [0.25, 0.3) is 0 Å². The normalized spacial score (nSPS) is 10.0. The molecule has 0 spiro atoms. The van der Waals surface area contributed by atoms with Gasteiger partial charge in [0.1, 0.15) is 0 Å². The number of anilines is 1. The van der Waals surface area contributed by atoms with E-state index in [9.17, 15) is 4.79 Å². The van der Waals surface area contributed by atoms with Crippen molar-refractivity contribution in [2.24, 2.45) is 7.05 Å². The van der Waals surface area contributed by atoms with Crippen molar-refractivity contribution in [3.63, 3.8) is 0 Å². The van der Waals surface area contributed by atoms with E-state index in [0.29, 0.717) is 16.1 Å². The van der Waals surface area contributed by atoms with Gasteiger partial charge in [-0.05, 0) is 0 Å². The molecule has 1 aromatic heterocycles. The van der Waals surface area contributed by atoms with Gasteiger partial charge in [0.05, 0.1) is 0 Å². The zero-order valence-electron chi connectivity index (χ0n) is 6.29. The van der Waals surface area contributed by atoms with Gasteiger partial charge in [0.2, 0.25) is 0 Å². The van der Waals surface area contributed by atoms with E-state index < -0.39 is 0 Å². The predicted molar refractivity (Wildman–Crippen MR) is 44.0 cm³/mol. The quantitative estimate of drug-likeness (QED) is 0.536. The fraction of sp³-hybridized carbons (Fsp3) is 0.333. The van der Waals surface area contributed by atoms with Crippen molar-refractivity contribution in [1.82, 2.24) is 9.55 Å². The molecule has 2 N–H and O–H groups in total. The van der Waals surface area contributed by atoms with Crippen LogP contribution in [0.1, 0.15) is 5.56 Å². The first-order valence-electron chi connectivity index (χ1n) is 3.04. The first kappa shape index (κ1) is 8.30. The van der Waals surface area contributed by atoms with Crippen molar-refractivity contribution < 1.29 is 0 Å². The molecular formula is C6H8N3OSe. The summed E-state index contributed by atoms with van der Waals surface area (Å²) < 4.78 is 1.93. The molecule has 0 aliphatic rings. The van der Waals surface area contributed by atoms with Gasteiger partial charge in [-0.25, -0.2) is 0 Å². The van der Waals surface area contributed by atoms with E-state index in [4.69, 9.17) is 5.73 Å². The third-order valence-corrected chi connectivity index (χ3v) is 2.28. The van der Waals surface area contributed by atoms with Gasteiger partial charge in [-0.2, -0.15) is 0 Å². The molecule has 59 valence electrons. The summed E-state index contributed by atoms with van der Waals surface area (Å²) in [6.45, 7) is 1.66. The summed E-state index contributed by atoms with van der Waals surface area (Å²) >= 11 is 2.65. The summed E-state index contributed by atoms with van der Waals surface area (Å²) in [5.74, 6) is 0.293. The number of nitrogens with zero attached hydrogens (tertiary/aromatic N) is 2. The van der Waals surface area contributed by atoms with E-state index in [2.05, 4.69) is 21.0 Å². The summed E-state index contributed by atoms with van der Waals surface area (Å²) in [6, 6.07) is 0. The minimum atomic E-state index is -0.105. The zero-order valence-corrected chi connectivity index (χ0v) is 8.00. The molecule has 5 heteroatoms. The van der Waals surface area contributed by atoms with Crippen LogP contribution in [0.4, 0.5) is 5.82 Å². The molecule has 4 nitrogen and oxygen atoms in total. The number of hydrogen-bond acceptors (Lipinski definition) is 3. The van der Waals surface area contributed by atoms with Crippen molar-refractivity contribution in [2.75, 3.05) is 5.73 Å². The van der Waals surface area contributed by atoms with Gasteiger partial charge < -0.3 is 0 Å². The molecule has 0 atom stereocenters. The monoisotopic (exact) mass is 218 g/mol. The van der Waals surface area contributed by atoms with Gasteiger partial charge in [0.15, 0.2) is 0 Å². The molecule has 0 amide bonds. The van der Waals surface area contributed by atoms with Crippen molar-refractivity contribution in [3.05, 3.63) is 15.9 Å². The molecule has 1 rings (SSSR count). The van der Waals surface area contributed by atoms with Crippen LogP contribution in [0, 0.1) is 6.92 Å². The molecule has 0 saturated heterocycles. The van der Waals surface area contributed by atoms with Crippen LogP contribution in [0.5, 0.6) is 0 Å². The summed E-state index contributed by atoms with van der Waals surface area (Å²) in [5.41, 5.74) is 5.83. The maximum atomic E-state index is 11.2. The molecule has 1 radical (unpaired) electrons. The van der Waals surface area contributed by atoms with Crippen LogP contribution >= 0.6 is 0 Å². The average molecular weight is 217 g/mol. The SMILES string of the molecule is Cc1c(N)nc([Se])n(C)c1=O. The van der Waals surface area contributed by atoms with Crippen molar-refractivity contribution in [2.45, 2.75) is 6.92 Å². The minimum absolute atomic E-state index is 0.105. The molecule has 1 aromatic rings. The third kappa shape index (κ3) is 1.29. The van der Waals surface area contributed by atoms with E-state index in [1.54, 1.807) is 14.0 Å². The van der Waals surface area contributed by atoms with Crippen LogP contribution in [-0.4, -0.2) is 25.6 Å². The summed E-state index contributed by atoms with van der Waals surface area (Å²) in [4.78, 5) is 15.2. The second-order valence-corrected chi connectivity index (χ2v) is 3.03. The molecule has 0 unspecified atom stereocenters. The number of hydrogen-bond donors (Lipinski definition) is 1. The standard InChI is InChI=1S/C6H8N3OSe/c1-3-4(7)8-6(11)9(2)5(3)10/h7H2,1-2H3. The molecule has 0 aliphatic heterocycles. The fourth-order valence-corrected chi connectivity index (χ4v) is 1.09. The Morgan fingerprint density at radius 1 is 1.64 bits per heavy atom. The van der Waals surface area contributed by atoms with E-state index in [1.165, 1.54) is 4.57 Å². The van der Waals surface area contributed by atoms with E-state index >= 15 is 0 Å². The van der Waals surface area contributed by atoms with Crippen LogP contribution < -0.4 is 16.0 Å². The van der Waals surface area contributed by atoms with Crippen molar-refractivity contribution in [3.8, 4) is 0 Å². The van der Waals surface area contributed by atoms with Gasteiger partial charge in [0, 0.05) is 0 Å². The Labute approximate surface area is 72.2 Å². The Morgan fingerprint density at radius 3 is 2.73 bits per heavy atom. The van der Waals surface area contributed by atoms with Crippen LogP contribution in [0.3, 0.4) is 0 Å². The average Bonchev–Trinajstić information content (AvgIpc) is 1.97.